The van der Waals surface area contributed by atoms with Crippen LogP contribution < -0.4 is 0 Å². The van der Waals surface area contributed by atoms with E-state index in [1.54, 1.807) is 13.0 Å². The third-order valence-electron chi connectivity index (χ3n) is 3.58. The normalized spacial score (nSPS) is 18.7. The summed E-state index contributed by atoms with van der Waals surface area (Å²) in [5, 5.41) is 0.372. The van der Waals surface area contributed by atoms with Gasteiger partial charge in [-0.05, 0) is 37.5 Å². The lowest BCUT2D eigenvalue weighted by molar-refractivity contribution is -0.122. The van der Waals surface area contributed by atoms with Crippen LogP contribution in [0.5, 0.6) is 0 Å². The van der Waals surface area contributed by atoms with Gasteiger partial charge in [0.2, 0.25) is 0 Å². The molecule has 0 unspecified atom stereocenters. The Morgan fingerprint density at radius 2 is 2.00 bits per heavy atom. The van der Waals surface area contributed by atoms with Crippen LogP contribution in [0.15, 0.2) is 18.2 Å². The molecule has 2 rings (SSSR count). The van der Waals surface area contributed by atoms with Crippen molar-refractivity contribution in [3.63, 3.8) is 0 Å². The van der Waals surface area contributed by atoms with E-state index >= 15 is 0 Å². The Bertz CT molecular complexity index is 422. The molecule has 0 heterocycles. The Balaban J connectivity index is 2.51. The molecule has 0 N–H and O–H groups in total. The summed E-state index contributed by atoms with van der Waals surface area (Å²) < 4.78 is 13.0. The standard InChI is InChI=1S/C13H14ClFO/c1-9(16)13(6-2-3-7-13)11-5-4-10(15)8-12(11)14/h4-5,8H,2-3,6-7H2,1H3. The predicted octanol–water partition coefficient (Wildman–Crippen LogP) is 3.88. The summed E-state index contributed by atoms with van der Waals surface area (Å²) in [5.41, 5.74) is 0.325. The van der Waals surface area contributed by atoms with Gasteiger partial charge in [-0.3, -0.25) is 4.79 Å². The number of Topliss-reactive ketones (excluding diaryl/α,β-unsaturated/α-hetero) is 1. The minimum atomic E-state index is -0.467. The number of carbonyl (C=O) groups is 1. The van der Waals surface area contributed by atoms with Gasteiger partial charge < -0.3 is 0 Å². The molecule has 0 aromatic heterocycles. The lowest BCUT2D eigenvalue weighted by Gasteiger charge is -2.27. The highest BCUT2D eigenvalue weighted by Crippen LogP contribution is 2.44. The average Bonchev–Trinajstić information content (AvgIpc) is 2.67. The second kappa shape index (κ2) is 4.17. The molecule has 86 valence electrons. The van der Waals surface area contributed by atoms with Crippen LogP contribution >= 0.6 is 11.6 Å². The van der Waals surface area contributed by atoms with Crippen molar-refractivity contribution in [1.82, 2.24) is 0 Å². The summed E-state index contributed by atoms with van der Waals surface area (Å²) in [5.74, 6) is -0.219. The summed E-state index contributed by atoms with van der Waals surface area (Å²) in [6, 6.07) is 4.33. The van der Waals surface area contributed by atoms with Gasteiger partial charge in [-0.25, -0.2) is 4.39 Å². The zero-order valence-corrected chi connectivity index (χ0v) is 9.98. The van der Waals surface area contributed by atoms with Gasteiger partial charge in [-0.1, -0.05) is 30.5 Å². The predicted molar refractivity (Wildman–Crippen MR) is 62.2 cm³/mol. The third kappa shape index (κ3) is 1.75. The maximum Gasteiger partial charge on any atom is 0.140 e. The zero-order valence-electron chi connectivity index (χ0n) is 9.22. The SMILES string of the molecule is CC(=O)C1(c2ccc(F)cc2Cl)CCCC1. The maximum atomic E-state index is 13.0. The van der Waals surface area contributed by atoms with Crippen LogP contribution in [-0.2, 0) is 10.2 Å². The molecule has 0 amide bonds. The largest absolute Gasteiger partial charge is 0.299 e. The number of hydrogen-bond donors (Lipinski definition) is 0. The fourth-order valence-corrected chi connectivity index (χ4v) is 3.02. The highest BCUT2D eigenvalue weighted by Gasteiger charge is 2.41. The first kappa shape index (κ1) is 11.6. The van der Waals surface area contributed by atoms with Crippen molar-refractivity contribution >= 4 is 17.4 Å². The minimum absolute atomic E-state index is 0.138. The van der Waals surface area contributed by atoms with Crippen LogP contribution in [0, 0.1) is 5.82 Å². The molecular formula is C13H14ClFO. The summed E-state index contributed by atoms with van der Waals surface area (Å²) in [4.78, 5) is 11.9. The van der Waals surface area contributed by atoms with Crippen molar-refractivity contribution < 1.29 is 9.18 Å². The molecule has 1 aromatic rings. The van der Waals surface area contributed by atoms with E-state index in [1.165, 1.54) is 12.1 Å². The van der Waals surface area contributed by atoms with Crippen molar-refractivity contribution in [2.75, 3.05) is 0 Å². The molecule has 1 saturated carbocycles. The molecule has 1 aliphatic carbocycles. The smallest absolute Gasteiger partial charge is 0.140 e. The van der Waals surface area contributed by atoms with E-state index in [1.807, 2.05) is 0 Å². The third-order valence-corrected chi connectivity index (χ3v) is 3.89. The highest BCUT2D eigenvalue weighted by atomic mass is 35.5. The lowest BCUT2D eigenvalue weighted by atomic mass is 9.76. The molecule has 1 nitrogen and oxygen atoms in total. The van der Waals surface area contributed by atoms with Gasteiger partial charge in [-0.2, -0.15) is 0 Å². The van der Waals surface area contributed by atoms with Gasteiger partial charge in [0, 0.05) is 5.02 Å². The molecule has 0 aliphatic heterocycles. The Kier molecular flexibility index (Phi) is 3.02. The first-order valence-corrected chi connectivity index (χ1v) is 5.91. The zero-order chi connectivity index (χ0) is 11.8. The topological polar surface area (TPSA) is 17.1 Å². The van der Waals surface area contributed by atoms with Crippen molar-refractivity contribution in [1.29, 1.82) is 0 Å². The van der Waals surface area contributed by atoms with Crippen LogP contribution in [-0.4, -0.2) is 5.78 Å². The molecule has 0 atom stereocenters. The second-order valence-electron chi connectivity index (χ2n) is 4.47. The Hall–Kier alpha value is -0.890. The first-order valence-electron chi connectivity index (χ1n) is 5.53. The molecule has 0 radical (unpaired) electrons. The quantitative estimate of drug-likeness (QED) is 0.767. The minimum Gasteiger partial charge on any atom is -0.299 e. The maximum absolute atomic E-state index is 13.0. The van der Waals surface area contributed by atoms with E-state index in [-0.39, 0.29) is 11.6 Å². The second-order valence-corrected chi connectivity index (χ2v) is 4.88. The molecule has 1 aromatic carbocycles. The van der Waals surface area contributed by atoms with Gasteiger partial charge in [-0.15, -0.1) is 0 Å². The van der Waals surface area contributed by atoms with Gasteiger partial charge in [0.05, 0.1) is 5.41 Å². The molecule has 0 saturated heterocycles. The number of halogens is 2. The van der Waals surface area contributed by atoms with E-state index in [4.69, 9.17) is 11.6 Å². The van der Waals surface area contributed by atoms with Crippen LogP contribution in [0.4, 0.5) is 4.39 Å². The van der Waals surface area contributed by atoms with Gasteiger partial charge in [0.15, 0.2) is 0 Å². The van der Waals surface area contributed by atoms with E-state index < -0.39 is 5.41 Å². The van der Waals surface area contributed by atoms with Crippen molar-refractivity contribution in [3.8, 4) is 0 Å². The van der Waals surface area contributed by atoms with E-state index in [9.17, 15) is 9.18 Å². The summed E-state index contributed by atoms with van der Waals surface area (Å²) >= 11 is 6.05. The summed E-state index contributed by atoms with van der Waals surface area (Å²) in [6.45, 7) is 1.60. The lowest BCUT2D eigenvalue weighted by Crippen LogP contribution is -2.31. The van der Waals surface area contributed by atoms with Crippen LogP contribution in [0.2, 0.25) is 5.02 Å². The molecule has 0 bridgehead atoms. The van der Waals surface area contributed by atoms with Gasteiger partial charge >= 0.3 is 0 Å². The van der Waals surface area contributed by atoms with Gasteiger partial charge in [0.1, 0.15) is 11.6 Å². The van der Waals surface area contributed by atoms with Crippen molar-refractivity contribution in [3.05, 3.63) is 34.6 Å². The Labute approximate surface area is 99.6 Å². The summed E-state index contributed by atoms with van der Waals surface area (Å²) in [7, 11) is 0. The fourth-order valence-electron chi connectivity index (χ4n) is 2.67. The fraction of sp³-hybridized carbons (Fsp3) is 0.462. The van der Waals surface area contributed by atoms with E-state index in [0.717, 1.165) is 31.2 Å². The average molecular weight is 241 g/mol. The number of rotatable bonds is 2. The van der Waals surface area contributed by atoms with Crippen LogP contribution in [0.1, 0.15) is 38.2 Å². The summed E-state index contributed by atoms with van der Waals surface area (Å²) in [6.07, 6.45) is 3.72. The highest BCUT2D eigenvalue weighted by molar-refractivity contribution is 6.31. The van der Waals surface area contributed by atoms with Crippen LogP contribution in [0.3, 0.4) is 0 Å². The number of ketones is 1. The first-order chi connectivity index (χ1) is 7.56. The van der Waals surface area contributed by atoms with E-state index in [2.05, 4.69) is 0 Å². The molecule has 16 heavy (non-hydrogen) atoms. The number of benzene rings is 1. The number of hydrogen-bond acceptors (Lipinski definition) is 1. The van der Waals surface area contributed by atoms with Crippen molar-refractivity contribution in [2.45, 2.75) is 38.0 Å². The molecule has 3 heteroatoms. The monoisotopic (exact) mass is 240 g/mol. The molecule has 1 aliphatic rings. The molecule has 0 spiro atoms. The van der Waals surface area contributed by atoms with Crippen LogP contribution in [0.25, 0.3) is 0 Å². The van der Waals surface area contributed by atoms with Gasteiger partial charge in [0.25, 0.3) is 0 Å². The Morgan fingerprint density at radius 3 is 2.50 bits per heavy atom. The molecule has 1 fully saturated rings. The molecular weight excluding hydrogens is 227 g/mol. The Morgan fingerprint density at radius 1 is 1.38 bits per heavy atom. The van der Waals surface area contributed by atoms with E-state index in [0.29, 0.717) is 5.02 Å². The van der Waals surface area contributed by atoms with Crippen molar-refractivity contribution in [2.24, 2.45) is 0 Å². The number of carbonyl (C=O) groups excluding carboxylic acids is 1.